The summed E-state index contributed by atoms with van der Waals surface area (Å²) < 4.78 is 5.23. The van der Waals surface area contributed by atoms with E-state index in [-0.39, 0.29) is 5.92 Å². The molecular weight excluding hydrogens is 222 g/mol. The largest absolute Gasteiger partial charge is 0.465 e. The van der Waals surface area contributed by atoms with Crippen LogP contribution in [0.4, 0.5) is 4.79 Å². The maximum absolute atomic E-state index is 11.9. The van der Waals surface area contributed by atoms with Crippen LogP contribution in [0.5, 0.6) is 0 Å². The number of likely N-dealkylation sites (N-methyl/N-ethyl adjacent to an activating group) is 1. The van der Waals surface area contributed by atoms with Crippen LogP contribution in [0.2, 0.25) is 0 Å². The summed E-state index contributed by atoms with van der Waals surface area (Å²) in [7, 11) is 1.39. The highest BCUT2D eigenvalue weighted by molar-refractivity contribution is 5.80. The number of esters is 1. The zero-order valence-electron chi connectivity index (χ0n) is 11.5. The second kappa shape index (κ2) is 5.89. The highest BCUT2D eigenvalue weighted by atomic mass is 16.6. The van der Waals surface area contributed by atoms with Crippen LogP contribution in [-0.4, -0.2) is 40.8 Å². The van der Waals surface area contributed by atoms with Gasteiger partial charge in [0, 0.05) is 7.05 Å². The van der Waals surface area contributed by atoms with E-state index >= 15 is 0 Å². The summed E-state index contributed by atoms with van der Waals surface area (Å²) in [4.78, 5) is 23.8. The molecule has 0 fully saturated rings. The van der Waals surface area contributed by atoms with Crippen molar-refractivity contribution in [3.05, 3.63) is 0 Å². The molecule has 0 aliphatic carbocycles. The maximum atomic E-state index is 11.9. The molecule has 1 amide bonds. The number of amides is 1. The van der Waals surface area contributed by atoms with Gasteiger partial charge in [-0.1, -0.05) is 13.8 Å². The number of hydrogen-bond acceptors (Lipinski definition) is 3. The molecular formula is C12H23NO4. The minimum Gasteiger partial charge on any atom is -0.465 e. The van der Waals surface area contributed by atoms with Crippen LogP contribution in [-0.2, 0) is 9.53 Å². The molecule has 1 atom stereocenters. The van der Waals surface area contributed by atoms with Crippen LogP contribution < -0.4 is 0 Å². The zero-order chi connectivity index (χ0) is 13.8. The molecule has 0 aliphatic rings. The first-order chi connectivity index (χ1) is 7.54. The van der Waals surface area contributed by atoms with E-state index in [1.165, 1.54) is 7.05 Å². The van der Waals surface area contributed by atoms with E-state index in [1.54, 1.807) is 20.8 Å². The van der Waals surface area contributed by atoms with Crippen molar-refractivity contribution >= 4 is 12.1 Å². The van der Waals surface area contributed by atoms with Gasteiger partial charge in [0.05, 0.1) is 0 Å². The average Bonchev–Trinajstić information content (AvgIpc) is 2.09. The first kappa shape index (κ1) is 15.7. The molecule has 0 aromatic carbocycles. The monoisotopic (exact) mass is 245 g/mol. The quantitative estimate of drug-likeness (QED) is 0.772. The van der Waals surface area contributed by atoms with Gasteiger partial charge in [0.1, 0.15) is 11.6 Å². The van der Waals surface area contributed by atoms with Gasteiger partial charge in [-0.05, 0) is 33.1 Å². The topological polar surface area (TPSA) is 66.8 Å². The van der Waals surface area contributed by atoms with Gasteiger partial charge >= 0.3 is 12.1 Å². The van der Waals surface area contributed by atoms with E-state index in [9.17, 15) is 9.59 Å². The Morgan fingerprint density at radius 1 is 1.29 bits per heavy atom. The molecule has 0 saturated carbocycles. The van der Waals surface area contributed by atoms with Crippen LogP contribution in [0.25, 0.3) is 0 Å². The molecule has 0 heterocycles. The third kappa shape index (κ3) is 6.14. The Morgan fingerprint density at radius 3 is 2.06 bits per heavy atom. The second-order valence-electron chi connectivity index (χ2n) is 5.57. The Hall–Kier alpha value is -1.26. The Balaban J connectivity index is 4.80. The number of hydrogen-bond donors (Lipinski definition) is 1. The van der Waals surface area contributed by atoms with Crippen LogP contribution in [0.3, 0.4) is 0 Å². The van der Waals surface area contributed by atoms with Gasteiger partial charge in [-0.2, -0.15) is 0 Å². The fourth-order valence-corrected chi connectivity index (χ4v) is 1.36. The Kier molecular flexibility index (Phi) is 5.45. The fraction of sp³-hybridized carbons (Fsp3) is 0.833. The van der Waals surface area contributed by atoms with E-state index in [2.05, 4.69) is 0 Å². The van der Waals surface area contributed by atoms with Crippen molar-refractivity contribution in [2.24, 2.45) is 5.92 Å². The minimum atomic E-state index is -1.12. The van der Waals surface area contributed by atoms with Crippen LogP contribution in [0.15, 0.2) is 0 Å². The lowest BCUT2D eigenvalue weighted by Gasteiger charge is -2.29. The predicted molar refractivity (Wildman–Crippen MR) is 64.9 cm³/mol. The molecule has 0 unspecified atom stereocenters. The normalized spacial score (nSPS) is 13.4. The van der Waals surface area contributed by atoms with E-state index in [0.29, 0.717) is 6.42 Å². The first-order valence-electron chi connectivity index (χ1n) is 5.73. The van der Waals surface area contributed by atoms with Crippen LogP contribution in [0.1, 0.15) is 41.0 Å². The number of ether oxygens (including phenoxy) is 1. The molecule has 0 rings (SSSR count). The maximum Gasteiger partial charge on any atom is 0.407 e. The van der Waals surface area contributed by atoms with Crippen molar-refractivity contribution in [1.29, 1.82) is 0 Å². The fourth-order valence-electron chi connectivity index (χ4n) is 1.36. The summed E-state index contributed by atoms with van der Waals surface area (Å²) in [5.74, 6) is -0.273. The summed E-state index contributed by atoms with van der Waals surface area (Å²) >= 11 is 0. The van der Waals surface area contributed by atoms with E-state index < -0.39 is 23.7 Å². The van der Waals surface area contributed by atoms with Gasteiger partial charge in [0.15, 0.2) is 0 Å². The Bertz CT molecular complexity index is 281. The highest BCUT2D eigenvalue weighted by Crippen LogP contribution is 2.16. The number of nitrogens with zero attached hydrogens (tertiary/aromatic N) is 1. The molecule has 0 spiro atoms. The molecule has 17 heavy (non-hydrogen) atoms. The van der Waals surface area contributed by atoms with Gasteiger partial charge in [-0.15, -0.1) is 0 Å². The van der Waals surface area contributed by atoms with Gasteiger partial charge in [-0.25, -0.2) is 9.59 Å². The van der Waals surface area contributed by atoms with Gasteiger partial charge in [-0.3, -0.25) is 4.90 Å². The Morgan fingerprint density at radius 2 is 1.76 bits per heavy atom. The lowest BCUT2D eigenvalue weighted by molar-refractivity contribution is -0.160. The van der Waals surface area contributed by atoms with E-state index in [4.69, 9.17) is 9.84 Å². The van der Waals surface area contributed by atoms with E-state index in [0.717, 1.165) is 4.90 Å². The average molecular weight is 245 g/mol. The number of carbonyl (C=O) groups is 2. The van der Waals surface area contributed by atoms with Crippen molar-refractivity contribution in [2.75, 3.05) is 7.05 Å². The lowest BCUT2D eigenvalue weighted by Crippen LogP contribution is -2.45. The van der Waals surface area contributed by atoms with Crippen molar-refractivity contribution < 1.29 is 19.4 Å². The first-order valence-corrected chi connectivity index (χ1v) is 5.73. The predicted octanol–water partition coefficient (Wildman–Crippen LogP) is 2.35. The lowest BCUT2D eigenvalue weighted by atomic mass is 10.0. The van der Waals surface area contributed by atoms with E-state index in [1.807, 2.05) is 13.8 Å². The molecule has 5 heteroatoms. The zero-order valence-corrected chi connectivity index (χ0v) is 11.5. The SMILES string of the molecule is CC(C)C[C@@H](C(=O)OC(C)(C)C)N(C)C(=O)O. The third-order valence-electron chi connectivity index (χ3n) is 2.14. The molecule has 100 valence electrons. The Labute approximate surface area is 103 Å². The molecule has 0 saturated heterocycles. The minimum absolute atomic E-state index is 0.217. The molecule has 0 aliphatic heterocycles. The number of carbonyl (C=O) groups excluding carboxylic acids is 1. The smallest absolute Gasteiger partial charge is 0.407 e. The summed E-state index contributed by atoms with van der Waals surface area (Å²) in [6, 6.07) is -0.744. The molecule has 5 nitrogen and oxygen atoms in total. The summed E-state index contributed by atoms with van der Waals surface area (Å²) in [6.07, 6.45) is -0.668. The van der Waals surface area contributed by atoms with Gasteiger partial charge in [0.25, 0.3) is 0 Å². The van der Waals surface area contributed by atoms with Gasteiger partial charge in [0.2, 0.25) is 0 Å². The third-order valence-corrected chi connectivity index (χ3v) is 2.14. The van der Waals surface area contributed by atoms with Crippen molar-refractivity contribution in [3.63, 3.8) is 0 Å². The second-order valence-corrected chi connectivity index (χ2v) is 5.57. The van der Waals surface area contributed by atoms with Crippen LogP contribution in [0, 0.1) is 5.92 Å². The molecule has 0 bridgehead atoms. The highest BCUT2D eigenvalue weighted by Gasteiger charge is 2.31. The van der Waals surface area contributed by atoms with Crippen molar-refractivity contribution in [1.82, 2.24) is 4.90 Å². The number of carboxylic acid groups (broad SMARTS) is 1. The van der Waals surface area contributed by atoms with Crippen molar-refractivity contribution in [3.8, 4) is 0 Å². The van der Waals surface area contributed by atoms with Gasteiger partial charge < -0.3 is 9.84 Å². The standard InChI is InChI=1S/C12H23NO4/c1-8(2)7-9(13(6)11(15)16)10(14)17-12(3,4)5/h8-9H,7H2,1-6H3,(H,15,16)/t9-/m0/s1. The molecule has 1 N–H and O–H groups in total. The summed E-state index contributed by atoms with van der Waals surface area (Å²) in [6.45, 7) is 9.16. The molecule has 0 aromatic rings. The number of rotatable bonds is 4. The van der Waals surface area contributed by atoms with Crippen LogP contribution >= 0.6 is 0 Å². The summed E-state index contributed by atoms with van der Waals surface area (Å²) in [5, 5.41) is 8.93. The summed E-state index contributed by atoms with van der Waals surface area (Å²) in [5.41, 5.74) is -0.605. The van der Waals surface area contributed by atoms with Crippen molar-refractivity contribution in [2.45, 2.75) is 52.7 Å². The molecule has 0 radical (unpaired) electrons. The molecule has 0 aromatic heterocycles.